The highest BCUT2D eigenvalue weighted by Crippen LogP contribution is 2.31. The maximum atomic E-state index is 12.3. The molecular formula is C13H24N2O2. The molecule has 0 bridgehead atoms. The van der Waals surface area contributed by atoms with Crippen molar-refractivity contribution in [3.63, 3.8) is 0 Å². The first kappa shape index (κ1) is 12.8. The van der Waals surface area contributed by atoms with Crippen LogP contribution >= 0.6 is 0 Å². The van der Waals surface area contributed by atoms with E-state index in [1.165, 1.54) is 0 Å². The van der Waals surface area contributed by atoms with Crippen LogP contribution in [-0.4, -0.2) is 47.7 Å². The molecule has 17 heavy (non-hydrogen) atoms. The highest BCUT2D eigenvalue weighted by atomic mass is 16.3. The molecule has 1 aliphatic heterocycles. The molecule has 2 fully saturated rings. The smallest absolute Gasteiger partial charge is 0.239 e. The van der Waals surface area contributed by atoms with Gasteiger partial charge in [0.2, 0.25) is 5.91 Å². The number of aliphatic hydroxyl groups is 1. The molecule has 4 nitrogen and oxygen atoms in total. The van der Waals surface area contributed by atoms with E-state index in [9.17, 15) is 9.90 Å². The number of nitrogens with zero attached hydrogens (tertiary/aromatic N) is 1. The van der Waals surface area contributed by atoms with Gasteiger partial charge in [-0.25, -0.2) is 0 Å². The summed E-state index contributed by atoms with van der Waals surface area (Å²) < 4.78 is 0. The Morgan fingerprint density at radius 3 is 2.88 bits per heavy atom. The number of likely N-dealkylation sites (tertiary alicyclic amines) is 1. The number of hydrogen-bond acceptors (Lipinski definition) is 3. The van der Waals surface area contributed by atoms with Gasteiger partial charge in [0.25, 0.3) is 0 Å². The van der Waals surface area contributed by atoms with Crippen molar-refractivity contribution in [3.8, 4) is 0 Å². The number of amides is 1. The molecule has 1 amide bonds. The Kier molecular flexibility index (Phi) is 4.40. The largest absolute Gasteiger partial charge is 0.396 e. The minimum atomic E-state index is 0.00805. The van der Waals surface area contributed by atoms with Crippen LogP contribution in [0.25, 0.3) is 0 Å². The van der Waals surface area contributed by atoms with Gasteiger partial charge in [0.05, 0.1) is 6.04 Å². The second-order valence-corrected chi connectivity index (χ2v) is 5.23. The molecule has 3 unspecified atom stereocenters. The summed E-state index contributed by atoms with van der Waals surface area (Å²) in [5, 5.41) is 12.6. The van der Waals surface area contributed by atoms with Crippen LogP contribution in [0.5, 0.6) is 0 Å². The Hall–Kier alpha value is -0.610. The second-order valence-electron chi connectivity index (χ2n) is 5.23. The van der Waals surface area contributed by atoms with E-state index in [2.05, 4.69) is 5.32 Å². The first-order valence-corrected chi connectivity index (χ1v) is 6.92. The van der Waals surface area contributed by atoms with E-state index >= 15 is 0 Å². The van der Waals surface area contributed by atoms with E-state index in [1.807, 2.05) is 11.8 Å². The summed E-state index contributed by atoms with van der Waals surface area (Å²) in [6.07, 6.45) is 5.32. The van der Waals surface area contributed by atoms with Crippen LogP contribution in [0.3, 0.4) is 0 Å². The number of nitrogens with one attached hydrogen (secondary N) is 1. The second kappa shape index (κ2) is 5.83. The molecule has 4 heteroatoms. The molecule has 1 heterocycles. The maximum Gasteiger partial charge on any atom is 0.239 e. The van der Waals surface area contributed by atoms with Crippen LogP contribution in [0.2, 0.25) is 0 Å². The summed E-state index contributed by atoms with van der Waals surface area (Å²) in [4.78, 5) is 14.4. The molecule has 0 radical (unpaired) electrons. The van der Waals surface area contributed by atoms with Gasteiger partial charge in [-0.2, -0.15) is 0 Å². The highest BCUT2D eigenvalue weighted by Gasteiger charge is 2.38. The fourth-order valence-corrected chi connectivity index (χ4v) is 3.31. The maximum absolute atomic E-state index is 12.3. The van der Waals surface area contributed by atoms with E-state index in [4.69, 9.17) is 0 Å². The first-order chi connectivity index (χ1) is 8.27. The molecular weight excluding hydrogens is 216 g/mol. The zero-order chi connectivity index (χ0) is 12.3. The highest BCUT2D eigenvalue weighted by molar-refractivity contribution is 5.83. The Bertz CT molecular complexity index is 268. The van der Waals surface area contributed by atoms with Crippen LogP contribution < -0.4 is 5.32 Å². The topological polar surface area (TPSA) is 52.6 Å². The van der Waals surface area contributed by atoms with Gasteiger partial charge in [-0.1, -0.05) is 13.3 Å². The summed E-state index contributed by atoms with van der Waals surface area (Å²) in [5.74, 6) is 0.558. The van der Waals surface area contributed by atoms with Crippen LogP contribution in [0.4, 0.5) is 0 Å². The zero-order valence-corrected chi connectivity index (χ0v) is 10.7. The van der Waals surface area contributed by atoms with Crippen LogP contribution in [0.1, 0.15) is 39.0 Å². The van der Waals surface area contributed by atoms with Crippen molar-refractivity contribution >= 4 is 5.91 Å². The number of carbonyl (C=O) groups excluding carboxylic acids is 1. The van der Waals surface area contributed by atoms with Crippen molar-refractivity contribution in [1.29, 1.82) is 0 Å². The Labute approximate surface area is 103 Å². The van der Waals surface area contributed by atoms with Crippen molar-refractivity contribution in [3.05, 3.63) is 0 Å². The summed E-state index contributed by atoms with van der Waals surface area (Å²) >= 11 is 0. The molecule has 2 N–H and O–H groups in total. The number of rotatable bonds is 4. The van der Waals surface area contributed by atoms with Gasteiger partial charge in [0, 0.05) is 25.1 Å². The third kappa shape index (κ3) is 2.63. The average Bonchev–Trinajstić information content (AvgIpc) is 2.80. The molecule has 0 spiro atoms. The molecule has 0 aromatic carbocycles. The fourth-order valence-electron chi connectivity index (χ4n) is 3.31. The lowest BCUT2D eigenvalue weighted by molar-refractivity contribution is -0.139. The quantitative estimate of drug-likeness (QED) is 0.762. The van der Waals surface area contributed by atoms with Crippen LogP contribution in [0, 0.1) is 5.92 Å². The van der Waals surface area contributed by atoms with Gasteiger partial charge >= 0.3 is 0 Å². The lowest BCUT2D eigenvalue weighted by Gasteiger charge is -2.38. The summed E-state index contributed by atoms with van der Waals surface area (Å²) in [5.41, 5.74) is 0. The van der Waals surface area contributed by atoms with Crippen molar-refractivity contribution in [1.82, 2.24) is 10.2 Å². The molecule has 2 rings (SSSR count). The van der Waals surface area contributed by atoms with Gasteiger partial charge in [-0.15, -0.1) is 0 Å². The summed E-state index contributed by atoms with van der Waals surface area (Å²) in [6, 6.07) is 0.294. The molecule has 98 valence electrons. The fraction of sp³-hybridized carbons (Fsp3) is 0.923. The van der Waals surface area contributed by atoms with E-state index in [0.717, 1.165) is 45.2 Å². The van der Waals surface area contributed by atoms with Crippen molar-refractivity contribution in [2.75, 3.05) is 19.7 Å². The molecule has 2 aliphatic rings. The molecule has 0 aromatic rings. The Balaban J connectivity index is 2.01. The standard InChI is InChI=1S/C13H24N2O2/c1-2-14-11-6-4-8-15(13(11)17)12-7-3-5-10(12)9-16/h10-12,14,16H,2-9H2,1H3. The first-order valence-electron chi connectivity index (χ1n) is 6.92. The average molecular weight is 240 g/mol. The van der Waals surface area contributed by atoms with Crippen LogP contribution in [0.15, 0.2) is 0 Å². The number of hydrogen-bond donors (Lipinski definition) is 2. The monoisotopic (exact) mass is 240 g/mol. The normalized spacial score (nSPS) is 34.4. The molecule has 3 atom stereocenters. The van der Waals surface area contributed by atoms with E-state index in [-0.39, 0.29) is 24.6 Å². The van der Waals surface area contributed by atoms with E-state index < -0.39 is 0 Å². The lowest BCUT2D eigenvalue weighted by Crippen LogP contribution is -2.55. The van der Waals surface area contributed by atoms with Crippen molar-refractivity contribution in [2.24, 2.45) is 5.92 Å². The van der Waals surface area contributed by atoms with Gasteiger partial charge in [0.15, 0.2) is 0 Å². The summed E-state index contributed by atoms with van der Waals surface area (Å²) in [6.45, 7) is 3.98. The van der Waals surface area contributed by atoms with E-state index in [0.29, 0.717) is 5.92 Å². The van der Waals surface area contributed by atoms with Gasteiger partial charge in [0.1, 0.15) is 0 Å². The zero-order valence-electron chi connectivity index (χ0n) is 10.7. The molecule has 1 saturated carbocycles. The Morgan fingerprint density at radius 1 is 1.35 bits per heavy atom. The Morgan fingerprint density at radius 2 is 2.18 bits per heavy atom. The minimum Gasteiger partial charge on any atom is -0.396 e. The van der Waals surface area contributed by atoms with Gasteiger partial charge in [-0.05, 0) is 32.2 Å². The number of aliphatic hydroxyl groups excluding tert-OH is 1. The van der Waals surface area contributed by atoms with E-state index in [1.54, 1.807) is 0 Å². The third-order valence-electron chi connectivity index (χ3n) is 4.18. The third-order valence-corrected chi connectivity index (χ3v) is 4.18. The van der Waals surface area contributed by atoms with Crippen molar-refractivity contribution in [2.45, 2.75) is 51.1 Å². The minimum absolute atomic E-state index is 0.00805. The number of piperidine rings is 1. The SMILES string of the molecule is CCNC1CCCN(C2CCCC2CO)C1=O. The lowest BCUT2D eigenvalue weighted by atomic mass is 9.97. The molecule has 1 saturated heterocycles. The van der Waals surface area contributed by atoms with Crippen LogP contribution in [-0.2, 0) is 4.79 Å². The molecule has 1 aliphatic carbocycles. The number of carbonyl (C=O) groups is 1. The van der Waals surface area contributed by atoms with Crippen molar-refractivity contribution < 1.29 is 9.90 Å². The number of likely N-dealkylation sites (N-methyl/N-ethyl adjacent to an activating group) is 1. The predicted octanol–water partition coefficient (Wildman–Crippen LogP) is 0.748. The van der Waals surface area contributed by atoms with Gasteiger partial charge in [-0.3, -0.25) is 4.79 Å². The predicted molar refractivity (Wildman–Crippen MR) is 66.6 cm³/mol. The van der Waals surface area contributed by atoms with Gasteiger partial charge < -0.3 is 15.3 Å². The summed E-state index contributed by atoms with van der Waals surface area (Å²) in [7, 11) is 0. The molecule has 0 aromatic heterocycles.